The number of hydrogen-bond acceptors (Lipinski definition) is 3. The molecule has 0 radical (unpaired) electrons. The van der Waals surface area contributed by atoms with Gasteiger partial charge in [0.2, 0.25) is 5.91 Å². The number of hydrogen-bond donors (Lipinski definition) is 1. The zero-order valence-electron chi connectivity index (χ0n) is 7.65. The highest BCUT2D eigenvalue weighted by molar-refractivity contribution is 6.39. The summed E-state index contributed by atoms with van der Waals surface area (Å²) >= 11 is 11.8. The van der Waals surface area contributed by atoms with E-state index < -0.39 is 6.10 Å². The van der Waals surface area contributed by atoms with E-state index in [0.717, 1.165) is 0 Å². The number of anilines is 1. The molecule has 0 saturated carbocycles. The van der Waals surface area contributed by atoms with Crippen LogP contribution in [0.2, 0.25) is 10.0 Å². The second-order valence-corrected chi connectivity index (χ2v) is 4.13. The molecule has 1 atom stereocenters. The maximum Gasteiger partial charge on any atom is 0.229 e. The number of rotatable bonds is 1. The Hall–Kier alpha value is -0.840. The van der Waals surface area contributed by atoms with Crippen LogP contribution in [-0.2, 0) is 4.79 Å². The Kier molecular flexibility index (Phi) is 2.82. The number of nitrogens with zero attached hydrogens (tertiary/aromatic N) is 2. The molecule has 0 aromatic carbocycles. The van der Waals surface area contributed by atoms with E-state index in [-0.39, 0.29) is 18.9 Å². The number of amides is 1. The molecule has 1 aliphatic rings. The summed E-state index contributed by atoms with van der Waals surface area (Å²) in [5, 5.41) is 9.97. The Bertz CT molecular complexity index is 391. The van der Waals surface area contributed by atoms with Crippen LogP contribution in [0.3, 0.4) is 0 Å². The molecule has 0 bridgehead atoms. The summed E-state index contributed by atoms with van der Waals surface area (Å²) in [5.41, 5.74) is 0.426. The van der Waals surface area contributed by atoms with Crippen molar-refractivity contribution < 1.29 is 9.90 Å². The number of aliphatic hydroxyl groups excluding tert-OH is 1. The fourth-order valence-electron chi connectivity index (χ4n) is 1.57. The zero-order chi connectivity index (χ0) is 11.0. The molecule has 1 aromatic rings. The number of β-amino-alcohol motifs (C(OH)–C–C–N with tert-alkyl or cyclic N) is 1. The smallest absolute Gasteiger partial charge is 0.229 e. The summed E-state index contributed by atoms with van der Waals surface area (Å²) in [6, 6.07) is 0. The summed E-state index contributed by atoms with van der Waals surface area (Å²) in [4.78, 5) is 16.7. The molecule has 1 N–H and O–H groups in total. The molecule has 0 aliphatic carbocycles. The molecule has 80 valence electrons. The van der Waals surface area contributed by atoms with E-state index in [2.05, 4.69) is 4.98 Å². The van der Waals surface area contributed by atoms with Gasteiger partial charge in [-0.2, -0.15) is 0 Å². The third-order valence-corrected chi connectivity index (χ3v) is 2.76. The molecule has 15 heavy (non-hydrogen) atoms. The van der Waals surface area contributed by atoms with Gasteiger partial charge in [-0.1, -0.05) is 23.2 Å². The van der Waals surface area contributed by atoms with Crippen molar-refractivity contribution in [2.24, 2.45) is 0 Å². The molecule has 1 unspecified atom stereocenters. The van der Waals surface area contributed by atoms with E-state index in [0.29, 0.717) is 15.7 Å². The first kappa shape index (κ1) is 10.7. The quantitative estimate of drug-likeness (QED) is 0.817. The molecule has 2 rings (SSSR count). The van der Waals surface area contributed by atoms with Crippen LogP contribution in [-0.4, -0.2) is 28.6 Å². The number of carbonyl (C=O) groups is 1. The van der Waals surface area contributed by atoms with Gasteiger partial charge in [0.05, 0.1) is 34.8 Å². The number of pyridine rings is 1. The number of aromatic nitrogens is 1. The third-order valence-electron chi connectivity index (χ3n) is 2.20. The highest BCUT2D eigenvalue weighted by atomic mass is 35.5. The standard InChI is InChI=1S/C9H8Cl2N2O2/c10-6-2-12-3-7(11)9(6)13-4-5(14)1-8(13)15/h2-3,5,14H,1,4H2. The van der Waals surface area contributed by atoms with E-state index >= 15 is 0 Å². The molecule has 1 amide bonds. The Balaban J connectivity index is 2.41. The normalized spacial score (nSPS) is 21.1. The lowest BCUT2D eigenvalue weighted by Gasteiger charge is -2.18. The minimum absolute atomic E-state index is 0.106. The Morgan fingerprint density at radius 2 is 2.00 bits per heavy atom. The van der Waals surface area contributed by atoms with Crippen LogP contribution < -0.4 is 4.90 Å². The van der Waals surface area contributed by atoms with Crippen LogP contribution in [0.5, 0.6) is 0 Å². The first-order valence-electron chi connectivity index (χ1n) is 4.37. The maximum atomic E-state index is 11.5. The highest BCUT2D eigenvalue weighted by Crippen LogP contribution is 2.34. The number of halogens is 2. The number of aliphatic hydroxyl groups is 1. The lowest BCUT2D eigenvalue weighted by molar-refractivity contribution is -0.117. The lowest BCUT2D eigenvalue weighted by Crippen LogP contribution is -2.25. The number of carbonyl (C=O) groups excluding carboxylic acids is 1. The van der Waals surface area contributed by atoms with Crippen LogP contribution in [0.15, 0.2) is 12.4 Å². The molecular formula is C9H8Cl2N2O2. The van der Waals surface area contributed by atoms with Crippen molar-refractivity contribution >= 4 is 34.8 Å². The van der Waals surface area contributed by atoms with E-state index in [1.165, 1.54) is 17.3 Å². The largest absolute Gasteiger partial charge is 0.391 e. The topological polar surface area (TPSA) is 53.4 Å². The minimum atomic E-state index is -0.655. The van der Waals surface area contributed by atoms with Gasteiger partial charge in [-0.05, 0) is 0 Å². The summed E-state index contributed by atoms with van der Waals surface area (Å²) in [6.07, 6.45) is 2.29. The molecule has 0 spiro atoms. The van der Waals surface area contributed by atoms with Crippen LogP contribution >= 0.6 is 23.2 Å². The lowest BCUT2D eigenvalue weighted by atomic mass is 10.3. The average Bonchev–Trinajstić information content (AvgIpc) is 2.45. The van der Waals surface area contributed by atoms with Gasteiger partial charge in [0.15, 0.2) is 0 Å². The maximum absolute atomic E-state index is 11.5. The van der Waals surface area contributed by atoms with Crippen molar-refractivity contribution in [1.29, 1.82) is 0 Å². The molecule has 1 aliphatic heterocycles. The van der Waals surface area contributed by atoms with Crippen LogP contribution in [0.1, 0.15) is 6.42 Å². The molecule has 2 heterocycles. The van der Waals surface area contributed by atoms with Crippen molar-refractivity contribution in [1.82, 2.24) is 4.98 Å². The van der Waals surface area contributed by atoms with Gasteiger partial charge in [0.1, 0.15) is 0 Å². The van der Waals surface area contributed by atoms with Crippen molar-refractivity contribution in [3.63, 3.8) is 0 Å². The second-order valence-electron chi connectivity index (χ2n) is 3.31. The summed E-state index contributed by atoms with van der Waals surface area (Å²) < 4.78 is 0. The van der Waals surface area contributed by atoms with Crippen LogP contribution in [0.4, 0.5) is 5.69 Å². The predicted octanol–water partition coefficient (Wildman–Crippen LogP) is 1.49. The summed E-state index contributed by atoms with van der Waals surface area (Å²) in [5.74, 6) is -0.183. The fraction of sp³-hybridized carbons (Fsp3) is 0.333. The molecule has 1 fully saturated rings. The van der Waals surface area contributed by atoms with Crippen LogP contribution in [0.25, 0.3) is 0 Å². The van der Waals surface area contributed by atoms with Crippen molar-refractivity contribution in [2.45, 2.75) is 12.5 Å². The zero-order valence-corrected chi connectivity index (χ0v) is 9.16. The minimum Gasteiger partial charge on any atom is -0.391 e. The molecule has 1 aromatic heterocycles. The molecular weight excluding hydrogens is 239 g/mol. The first-order chi connectivity index (χ1) is 7.09. The Morgan fingerprint density at radius 3 is 2.47 bits per heavy atom. The first-order valence-corrected chi connectivity index (χ1v) is 5.12. The van der Waals surface area contributed by atoms with Crippen molar-refractivity contribution in [3.05, 3.63) is 22.4 Å². The molecule has 4 nitrogen and oxygen atoms in total. The van der Waals surface area contributed by atoms with Gasteiger partial charge in [-0.25, -0.2) is 0 Å². The highest BCUT2D eigenvalue weighted by Gasteiger charge is 2.31. The predicted molar refractivity (Wildman–Crippen MR) is 57.2 cm³/mol. The fourth-order valence-corrected chi connectivity index (χ4v) is 2.14. The van der Waals surface area contributed by atoms with E-state index in [1.54, 1.807) is 0 Å². The Labute approximate surface area is 96.4 Å². The average molecular weight is 247 g/mol. The van der Waals surface area contributed by atoms with Crippen molar-refractivity contribution in [3.8, 4) is 0 Å². The van der Waals surface area contributed by atoms with Gasteiger partial charge >= 0.3 is 0 Å². The monoisotopic (exact) mass is 246 g/mol. The molecule has 6 heteroatoms. The van der Waals surface area contributed by atoms with E-state index in [1.807, 2.05) is 0 Å². The van der Waals surface area contributed by atoms with Crippen LogP contribution in [0, 0.1) is 0 Å². The van der Waals surface area contributed by atoms with E-state index in [9.17, 15) is 9.90 Å². The summed E-state index contributed by atoms with van der Waals surface area (Å²) in [7, 11) is 0. The second kappa shape index (κ2) is 3.96. The van der Waals surface area contributed by atoms with Gasteiger partial charge in [-0.3, -0.25) is 9.78 Å². The third kappa shape index (κ3) is 1.93. The van der Waals surface area contributed by atoms with Gasteiger partial charge in [-0.15, -0.1) is 0 Å². The molecule has 1 saturated heterocycles. The van der Waals surface area contributed by atoms with Gasteiger partial charge in [0.25, 0.3) is 0 Å². The van der Waals surface area contributed by atoms with E-state index in [4.69, 9.17) is 23.2 Å². The SMILES string of the molecule is O=C1CC(O)CN1c1c(Cl)cncc1Cl. The van der Waals surface area contributed by atoms with Crippen molar-refractivity contribution in [2.75, 3.05) is 11.4 Å². The van der Waals surface area contributed by atoms with Gasteiger partial charge < -0.3 is 10.0 Å². The van der Waals surface area contributed by atoms with Gasteiger partial charge in [0, 0.05) is 12.4 Å². The summed E-state index contributed by atoms with van der Waals surface area (Å²) in [6.45, 7) is 0.224. The Morgan fingerprint density at radius 1 is 1.40 bits per heavy atom.